The molecular weight excluding hydrogens is 251 g/mol. The Morgan fingerprint density at radius 2 is 2.00 bits per heavy atom. The van der Waals surface area contributed by atoms with Gasteiger partial charge in [0.15, 0.2) is 0 Å². The van der Waals surface area contributed by atoms with Gasteiger partial charge in [-0.25, -0.2) is 5.01 Å². The number of hydrogen-bond acceptors (Lipinski definition) is 3. The summed E-state index contributed by atoms with van der Waals surface area (Å²) in [4.78, 5) is 11.8. The van der Waals surface area contributed by atoms with Crippen molar-refractivity contribution in [2.24, 2.45) is 0 Å². The summed E-state index contributed by atoms with van der Waals surface area (Å²) in [6.45, 7) is 0. The van der Waals surface area contributed by atoms with Gasteiger partial charge in [-0.2, -0.15) is 0 Å². The van der Waals surface area contributed by atoms with Crippen LogP contribution < -0.4 is 10.2 Å². The Morgan fingerprint density at radius 3 is 2.50 bits per heavy atom. The summed E-state index contributed by atoms with van der Waals surface area (Å²) in [5.74, 6) is -0.0170. The molecule has 0 heterocycles. The Balaban J connectivity index is 3.15. The quantitative estimate of drug-likeness (QED) is 0.850. The number of rotatable bonds is 3. The van der Waals surface area contributed by atoms with Crippen molar-refractivity contribution >= 4 is 29.1 Å². The smallest absolute Gasteiger partial charge is 0.269 e. The summed E-state index contributed by atoms with van der Waals surface area (Å²) in [6, 6.07) is 3.03. The van der Waals surface area contributed by atoms with Crippen molar-refractivity contribution in [1.82, 2.24) is 10.4 Å². The highest BCUT2D eigenvalue weighted by atomic mass is 35.5. The zero-order valence-corrected chi connectivity index (χ0v) is 10.7. The van der Waals surface area contributed by atoms with E-state index in [1.165, 1.54) is 24.3 Å². The first kappa shape index (κ1) is 13.1. The van der Waals surface area contributed by atoms with Gasteiger partial charge in [-0.05, 0) is 12.1 Å². The predicted octanol–water partition coefficient (Wildman–Crippen LogP) is 2.21. The molecule has 0 aromatic heterocycles. The molecule has 1 rings (SSSR count). The highest BCUT2D eigenvalue weighted by Crippen LogP contribution is 2.31. The molecule has 0 aliphatic rings. The standard InChI is InChI=1S/C10H12Cl2N2O2/c1-14(2)13-10(15)7-4-6(11)5-8(12)9(7)16-3/h4-5H,1-3H3,(H,13,15). The van der Waals surface area contributed by atoms with Crippen molar-refractivity contribution in [3.8, 4) is 5.75 Å². The molecule has 0 saturated heterocycles. The highest BCUT2D eigenvalue weighted by molar-refractivity contribution is 6.36. The number of nitrogens with one attached hydrogen (secondary N) is 1. The van der Waals surface area contributed by atoms with Crippen LogP contribution in [0.4, 0.5) is 0 Å². The lowest BCUT2D eigenvalue weighted by Crippen LogP contribution is -2.36. The third-order valence-corrected chi connectivity index (χ3v) is 2.28. The Bertz CT molecular complexity index is 408. The molecule has 0 saturated carbocycles. The van der Waals surface area contributed by atoms with E-state index in [2.05, 4.69) is 5.43 Å². The average molecular weight is 263 g/mol. The van der Waals surface area contributed by atoms with Crippen molar-refractivity contribution in [2.75, 3.05) is 21.2 Å². The molecule has 0 aliphatic heterocycles. The van der Waals surface area contributed by atoms with E-state index >= 15 is 0 Å². The van der Waals surface area contributed by atoms with Crippen molar-refractivity contribution in [3.63, 3.8) is 0 Å². The van der Waals surface area contributed by atoms with Crippen LogP contribution in [0, 0.1) is 0 Å². The van der Waals surface area contributed by atoms with Gasteiger partial charge in [0.1, 0.15) is 5.75 Å². The SMILES string of the molecule is COc1c(Cl)cc(Cl)cc1C(=O)NN(C)C. The summed E-state index contributed by atoms with van der Waals surface area (Å²) in [6.07, 6.45) is 0. The van der Waals surface area contributed by atoms with Gasteiger partial charge >= 0.3 is 0 Å². The van der Waals surface area contributed by atoms with Crippen LogP contribution in [0.25, 0.3) is 0 Å². The van der Waals surface area contributed by atoms with Gasteiger partial charge in [0.25, 0.3) is 5.91 Å². The maximum Gasteiger partial charge on any atom is 0.269 e. The van der Waals surface area contributed by atoms with Gasteiger partial charge in [0, 0.05) is 19.1 Å². The number of carbonyl (C=O) groups excluding carboxylic acids is 1. The largest absolute Gasteiger partial charge is 0.494 e. The minimum absolute atomic E-state index is 0.300. The van der Waals surface area contributed by atoms with E-state index in [1.807, 2.05) is 0 Å². The molecule has 1 N–H and O–H groups in total. The number of ether oxygens (including phenoxy) is 1. The van der Waals surface area contributed by atoms with E-state index in [0.717, 1.165) is 0 Å². The number of halogens is 2. The van der Waals surface area contributed by atoms with Crippen LogP contribution in [0.2, 0.25) is 10.0 Å². The topological polar surface area (TPSA) is 41.6 Å². The van der Waals surface area contributed by atoms with Gasteiger partial charge in [0.05, 0.1) is 17.7 Å². The average Bonchev–Trinajstić information content (AvgIpc) is 2.15. The molecule has 16 heavy (non-hydrogen) atoms. The summed E-state index contributed by atoms with van der Waals surface area (Å²) >= 11 is 11.7. The van der Waals surface area contributed by atoms with Crippen LogP contribution in [-0.4, -0.2) is 32.1 Å². The van der Waals surface area contributed by atoms with E-state index in [1.54, 1.807) is 14.1 Å². The minimum atomic E-state index is -0.328. The van der Waals surface area contributed by atoms with Crippen LogP contribution in [0.1, 0.15) is 10.4 Å². The second-order valence-corrected chi connectivity index (χ2v) is 4.15. The highest BCUT2D eigenvalue weighted by Gasteiger charge is 2.16. The molecule has 1 aromatic rings. The molecule has 1 amide bonds. The molecule has 0 bridgehead atoms. The predicted molar refractivity (Wildman–Crippen MR) is 64.2 cm³/mol. The second-order valence-electron chi connectivity index (χ2n) is 3.30. The number of methoxy groups -OCH3 is 1. The summed E-state index contributed by atoms with van der Waals surface area (Å²) < 4.78 is 5.06. The van der Waals surface area contributed by atoms with Gasteiger partial charge in [-0.15, -0.1) is 0 Å². The fraction of sp³-hybridized carbons (Fsp3) is 0.300. The molecule has 0 aliphatic carbocycles. The Morgan fingerprint density at radius 1 is 1.38 bits per heavy atom. The number of carbonyl (C=O) groups is 1. The first-order valence-electron chi connectivity index (χ1n) is 4.47. The molecule has 6 heteroatoms. The zero-order valence-electron chi connectivity index (χ0n) is 9.17. The normalized spacial score (nSPS) is 10.4. The van der Waals surface area contributed by atoms with Crippen LogP contribution in [0.15, 0.2) is 12.1 Å². The third kappa shape index (κ3) is 3.01. The molecule has 4 nitrogen and oxygen atoms in total. The van der Waals surface area contributed by atoms with Crippen molar-refractivity contribution < 1.29 is 9.53 Å². The lowest BCUT2D eigenvalue weighted by Gasteiger charge is -2.14. The maximum absolute atomic E-state index is 11.8. The summed E-state index contributed by atoms with van der Waals surface area (Å²) in [5, 5.41) is 2.21. The Kier molecular flexibility index (Phi) is 4.41. The molecule has 0 atom stereocenters. The Labute approximate surface area is 104 Å². The van der Waals surface area contributed by atoms with Crippen LogP contribution in [0.5, 0.6) is 5.75 Å². The number of hydrogen-bond donors (Lipinski definition) is 1. The number of nitrogens with zero attached hydrogens (tertiary/aromatic N) is 1. The number of amides is 1. The lowest BCUT2D eigenvalue weighted by molar-refractivity contribution is 0.0854. The second kappa shape index (κ2) is 5.39. The van der Waals surface area contributed by atoms with Gasteiger partial charge in [0.2, 0.25) is 0 Å². The molecule has 0 radical (unpaired) electrons. The Hall–Kier alpha value is -0.970. The number of hydrazine groups is 1. The van der Waals surface area contributed by atoms with E-state index in [9.17, 15) is 4.79 Å². The third-order valence-electron chi connectivity index (χ3n) is 1.78. The van der Waals surface area contributed by atoms with E-state index in [0.29, 0.717) is 21.4 Å². The molecular formula is C10H12Cl2N2O2. The lowest BCUT2D eigenvalue weighted by atomic mass is 10.2. The van der Waals surface area contributed by atoms with Gasteiger partial charge < -0.3 is 4.74 Å². The van der Waals surface area contributed by atoms with Gasteiger partial charge in [-0.3, -0.25) is 10.2 Å². The van der Waals surface area contributed by atoms with Crippen molar-refractivity contribution in [3.05, 3.63) is 27.7 Å². The molecule has 0 spiro atoms. The van der Waals surface area contributed by atoms with E-state index in [-0.39, 0.29) is 5.91 Å². The molecule has 88 valence electrons. The molecule has 0 fully saturated rings. The summed E-state index contributed by atoms with van der Waals surface area (Å²) in [7, 11) is 4.86. The van der Waals surface area contributed by atoms with E-state index in [4.69, 9.17) is 27.9 Å². The van der Waals surface area contributed by atoms with Crippen LogP contribution in [0.3, 0.4) is 0 Å². The van der Waals surface area contributed by atoms with Gasteiger partial charge in [-0.1, -0.05) is 23.2 Å². The van der Waals surface area contributed by atoms with Crippen molar-refractivity contribution in [2.45, 2.75) is 0 Å². The van der Waals surface area contributed by atoms with Crippen molar-refractivity contribution in [1.29, 1.82) is 0 Å². The minimum Gasteiger partial charge on any atom is -0.494 e. The van der Waals surface area contributed by atoms with E-state index < -0.39 is 0 Å². The summed E-state index contributed by atoms with van der Waals surface area (Å²) in [5.41, 5.74) is 2.89. The first-order chi connectivity index (χ1) is 7.45. The van der Waals surface area contributed by atoms with Crippen LogP contribution in [-0.2, 0) is 0 Å². The molecule has 1 aromatic carbocycles. The zero-order chi connectivity index (χ0) is 12.3. The monoisotopic (exact) mass is 262 g/mol. The first-order valence-corrected chi connectivity index (χ1v) is 5.22. The number of benzene rings is 1. The maximum atomic E-state index is 11.8. The molecule has 0 unspecified atom stereocenters. The van der Waals surface area contributed by atoms with Crippen LogP contribution >= 0.6 is 23.2 Å². The fourth-order valence-electron chi connectivity index (χ4n) is 1.20. The fourth-order valence-corrected chi connectivity index (χ4v) is 1.77.